The molecule has 3 rings (SSSR count). The zero-order valence-corrected chi connectivity index (χ0v) is 15.0. The van der Waals surface area contributed by atoms with E-state index in [4.69, 9.17) is 4.42 Å². The molecule has 0 saturated carbocycles. The highest BCUT2D eigenvalue weighted by Gasteiger charge is 2.34. The number of hydrogen-bond acceptors (Lipinski definition) is 6. The lowest BCUT2D eigenvalue weighted by Gasteiger charge is -2.34. The van der Waals surface area contributed by atoms with Crippen molar-refractivity contribution in [2.24, 2.45) is 0 Å². The second-order valence-corrected chi connectivity index (χ2v) is 6.27. The number of aromatic nitrogens is 1. The van der Waals surface area contributed by atoms with Crippen molar-refractivity contribution in [1.82, 2.24) is 14.8 Å². The third-order valence-electron chi connectivity index (χ3n) is 4.58. The molecule has 144 valence electrons. The van der Waals surface area contributed by atoms with E-state index in [0.717, 1.165) is 0 Å². The predicted octanol–water partition coefficient (Wildman–Crippen LogP) is 0.265. The van der Waals surface area contributed by atoms with Crippen LogP contribution in [0.1, 0.15) is 19.3 Å². The van der Waals surface area contributed by atoms with Crippen LogP contribution in [0.2, 0.25) is 0 Å². The molecule has 1 aromatic carbocycles. The fourth-order valence-corrected chi connectivity index (χ4v) is 3.22. The molecule has 1 aliphatic heterocycles. The van der Waals surface area contributed by atoms with Gasteiger partial charge in [-0.1, -0.05) is 12.1 Å². The summed E-state index contributed by atoms with van der Waals surface area (Å²) in [5.41, 5.74) is 1.18. The van der Waals surface area contributed by atoms with E-state index in [1.165, 1.54) is 16.6 Å². The van der Waals surface area contributed by atoms with Crippen LogP contribution in [0.3, 0.4) is 0 Å². The van der Waals surface area contributed by atoms with Gasteiger partial charge in [-0.15, -0.1) is 0 Å². The van der Waals surface area contributed by atoms with Crippen molar-refractivity contribution in [1.29, 1.82) is 0 Å². The zero-order valence-electron chi connectivity index (χ0n) is 15.0. The fraction of sp³-hybridized carbons (Fsp3) is 0.444. The number of piperazine rings is 1. The van der Waals surface area contributed by atoms with Crippen LogP contribution in [-0.4, -0.2) is 53.5 Å². The lowest BCUT2D eigenvalue weighted by molar-refractivity contribution is -0.150. The summed E-state index contributed by atoms with van der Waals surface area (Å²) in [6, 6.07) is 6.21. The Hall–Kier alpha value is -3.10. The molecule has 1 fully saturated rings. The van der Waals surface area contributed by atoms with Crippen molar-refractivity contribution < 1.29 is 23.5 Å². The number of para-hydroxylation sites is 2. The second-order valence-electron chi connectivity index (χ2n) is 6.27. The lowest BCUT2D eigenvalue weighted by atomic mass is 10.1. The minimum atomic E-state index is -0.865. The molecule has 2 amide bonds. The standard InChI is InChI=1S/C18H21N3O6/c1-26-16(23)11-13-17(24)19-8-10-20(13)15(22)7-4-9-21-12-5-2-3-6-14(12)27-18(21)25/h2-3,5-6,13H,4,7-11H2,1H3,(H,19,24). The molecule has 1 N–H and O–H groups in total. The minimum Gasteiger partial charge on any atom is -0.469 e. The topological polar surface area (TPSA) is 111 Å². The van der Waals surface area contributed by atoms with Crippen LogP contribution < -0.4 is 11.1 Å². The number of esters is 1. The molecule has 1 unspecified atom stereocenters. The lowest BCUT2D eigenvalue weighted by Crippen LogP contribution is -2.57. The largest absolute Gasteiger partial charge is 0.469 e. The third-order valence-corrected chi connectivity index (χ3v) is 4.58. The normalized spacial score (nSPS) is 17.0. The molecule has 0 spiro atoms. The fourth-order valence-electron chi connectivity index (χ4n) is 3.22. The van der Waals surface area contributed by atoms with Gasteiger partial charge in [-0.05, 0) is 18.6 Å². The maximum absolute atomic E-state index is 12.6. The average Bonchev–Trinajstić information content (AvgIpc) is 2.98. The van der Waals surface area contributed by atoms with Gasteiger partial charge in [-0.2, -0.15) is 0 Å². The number of carbonyl (C=O) groups excluding carboxylic acids is 3. The van der Waals surface area contributed by atoms with Gasteiger partial charge in [0.15, 0.2) is 5.58 Å². The maximum Gasteiger partial charge on any atom is 0.419 e. The van der Waals surface area contributed by atoms with Crippen molar-refractivity contribution in [3.63, 3.8) is 0 Å². The second kappa shape index (κ2) is 8.07. The first-order valence-corrected chi connectivity index (χ1v) is 8.73. The Morgan fingerprint density at radius 1 is 1.30 bits per heavy atom. The molecule has 0 aliphatic carbocycles. The van der Waals surface area contributed by atoms with Crippen molar-refractivity contribution in [2.45, 2.75) is 31.8 Å². The number of methoxy groups -OCH3 is 1. The Morgan fingerprint density at radius 2 is 2.07 bits per heavy atom. The molecule has 0 bridgehead atoms. The van der Waals surface area contributed by atoms with Crippen LogP contribution in [0.15, 0.2) is 33.5 Å². The van der Waals surface area contributed by atoms with Gasteiger partial charge >= 0.3 is 11.7 Å². The maximum atomic E-state index is 12.6. The number of nitrogens with zero attached hydrogens (tertiary/aromatic N) is 2. The number of oxazole rings is 1. The van der Waals surface area contributed by atoms with E-state index >= 15 is 0 Å². The number of carbonyl (C=O) groups is 3. The molecule has 9 heteroatoms. The molecule has 27 heavy (non-hydrogen) atoms. The summed E-state index contributed by atoms with van der Waals surface area (Å²) < 4.78 is 11.3. The summed E-state index contributed by atoms with van der Waals surface area (Å²) in [7, 11) is 1.24. The molecule has 1 aliphatic rings. The molecule has 9 nitrogen and oxygen atoms in total. The summed E-state index contributed by atoms with van der Waals surface area (Å²) in [4.78, 5) is 49.5. The SMILES string of the molecule is COC(=O)CC1C(=O)NCCN1C(=O)CCCn1c(=O)oc2ccccc21. The van der Waals surface area contributed by atoms with Crippen molar-refractivity contribution in [3.8, 4) is 0 Å². The summed E-state index contributed by atoms with van der Waals surface area (Å²) in [6.07, 6.45) is 0.377. The van der Waals surface area contributed by atoms with Crippen LogP contribution >= 0.6 is 0 Å². The Bertz CT molecular complexity index is 915. The van der Waals surface area contributed by atoms with Gasteiger partial charge in [0, 0.05) is 26.1 Å². The Balaban J connectivity index is 1.63. The van der Waals surface area contributed by atoms with E-state index in [2.05, 4.69) is 10.1 Å². The number of hydrogen-bond donors (Lipinski definition) is 1. The van der Waals surface area contributed by atoms with E-state index < -0.39 is 17.8 Å². The first-order valence-electron chi connectivity index (χ1n) is 8.73. The molecular formula is C18H21N3O6. The number of rotatable bonds is 6. The van der Waals surface area contributed by atoms with Crippen LogP contribution in [-0.2, 0) is 25.7 Å². The molecule has 1 saturated heterocycles. The summed E-state index contributed by atoms with van der Waals surface area (Å²) in [5.74, 6) is -1.62. The monoisotopic (exact) mass is 375 g/mol. The predicted molar refractivity (Wildman–Crippen MR) is 94.9 cm³/mol. The minimum absolute atomic E-state index is 0.150. The first kappa shape index (κ1) is 18.7. The number of benzene rings is 1. The van der Waals surface area contributed by atoms with Crippen molar-refractivity contribution in [2.75, 3.05) is 20.2 Å². The number of nitrogens with one attached hydrogen (secondary N) is 1. The highest BCUT2D eigenvalue weighted by atomic mass is 16.5. The number of amides is 2. The molecule has 2 aromatic rings. The van der Waals surface area contributed by atoms with E-state index in [0.29, 0.717) is 37.2 Å². The number of fused-ring (bicyclic) bond motifs is 1. The molecule has 2 heterocycles. The van der Waals surface area contributed by atoms with Gasteiger partial charge < -0.3 is 19.4 Å². The van der Waals surface area contributed by atoms with Crippen molar-refractivity contribution >= 4 is 28.9 Å². The highest BCUT2D eigenvalue weighted by Crippen LogP contribution is 2.15. The van der Waals surface area contributed by atoms with Crippen LogP contribution in [0.4, 0.5) is 0 Å². The van der Waals surface area contributed by atoms with E-state index in [1.807, 2.05) is 6.07 Å². The van der Waals surface area contributed by atoms with Gasteiger partial charge in [-0.3, -0.25) is 19.0 Å². The van der Waals surface area contributed by atoms with Crippen molar-refractivity contribution in [3.05, 3.63) is 34.8 Å². The van der Waals surface area contributed by atoms with Gasteiger partial charge in [0.05, 0.1) is 19.0 Å². The van der Waals surface area contributed by atoms with E-state index in [1.54, 1.807) is 18.2 Å². The summed E-state index contributed by atoms with van der Waals surface area (Å²) in [5, 5.41) is 2.65. The molecular weight excluding hydrogens is 354 g/mol. The third kappa shape index (κ3) is 4.02. The van der Waals surface area contributed by atoms with Gasteiger partial charge in [0.1, 0.15) is 6.04 Å². The van der Waals surface area contributed by atoms with Crippen LogP contribution in [0.25, 0.3) is 11.1 Å². The summed E-state index contributed by atoms with van der Waals surface area (Å²) >= 11 is 0. The summed E-state index contributed by atoms with van der Waals surface area (Å²) in [6.45, 7) is 0.998. The van der Waals surface area contributed by atoms with E-state index in [9.17, 15) is 19.2 Å². The number of aryl methyl sites for hydroxylation is 1. The van der Waals surface area contributed by atoms with Crippen LogP contribution in [0.5, 0.6) is 0 Å². The Labute approximate surface area is 154 Å². The smallest absolute Gasteiger partial charge is 0.419 e. The average molecular weight is 375 g/mol. The Kier molecular flexibility index (Phi) is 5.58. The molecule has 1 atom stereocenters. The van der Waals surface area contributed by atoms with Gasteiger partial charge in [0.25, 0.3) is 0 Å². The molecule has 1 aromatic heterocycles. The van der Waals surface area contributed by atoms with Gasteiger partial charge in [-0.25, -0.2) is 4.79 Å². The van der Waals surface area contributed by atoms with Crippen LogP contribution in [0, 0.1) is 0 Å². The van der Waals surface area contributed by atoms with E-state index in [-0.39, 0.29) is 24.7 Å². The highest BCUT2D eigenvalue weighted by molar-refractivity contribution is 5.91. The zero-order chi connectivity index (χ0) is 19.4. The molecule has 0 radical (unpaired) electrons. The van der Waals surface area contributed by atoms with Gasteiger partial charge in [0.2, 0.25) is 11.8 Å². The quantitative estimate of drug-likeness (QED) is 0.726. The Morgan fingerprint density at radius 3 is 2.85 bits per heavy atom. The number of ether oxygens (including phenoxy) is 1. The first-order chi connectivity index (χ1) is 13.0.